The largest absolute Gasteiger partial charge is 0.302 e. The first-order valence-corrected chi connectivity index (χ1v) is 9.65. The second-order valence-corrected chi connectivity index (χ2v) is 7.57. The normalized spacial score (nSPS) is 13.0. The lowest BCUT2D eigenvalue weighted by atomic mass is 10.00. The standard InChI is InChI=1S/C20H14ClN3O3S/c1-24-18(26)14-4-2-3-12(17(14)19(24)27)9-16(25)23-20-22-15(10-28-20)11-5-7-13(21)8-6-11/h2-8,10H,9H2,1H3,(H,22,23,25). The van der Waals surface area contributed by atoms with Crippen molar-refractivity contribution in [3.05, 3.63) is 69.6 Å². The minimum atomic E-state index is -0.386. The maximum atomic E-state index is 12.5. The fraction of sp³-hybridized carbons (Fsp3) is 0.100. The molecule has 2 heterocycles. The molecule has 1 aliphatic heterocycles. The molecule has 4 rings (SSSR count). The van der Waals surface area contributed by atoms with Crippen LogP contribution in [0.15, 0.2) is 47.8 Å². The summed E-state index contributed by atoms with van der Waals surface area (Å²) in [6.45, 7) is 0. The van der Waals surface area contributed by atoms with E-state index in [0.29, 0.717) is 26.8 Å². The van der Waals surface area contributed by atoms with Crippen LogP contribution in [0.1, 0.15) is 26.3 Å². The number of fused-ring (bicyclic) bond motifs is 1. The molecule has 0 radical (unpaired) electrons. The first-order chi connectivity index (χ1) is 13.4. The van der Waals surface area contributed by atoms with Gasteiger partial charge in [0, 0.05) is 23.0 Å². The predicted octanol–water partition coefficient (Wildman–Crippen LogP) is 3.87. The van der Waals surface area contributed by atoms with Gasteiger partial charge in [0.1, 0.15) is 0 Å². The van der Waals surface area contributed by atoms with Crippen molar-refractivity contribution in [1.82, 2.24) is 9.88 Å². The Balaban J connectivity index is 1.50. The number of amides is 3. The van der Waals surface area contributed by atoms with E-state index in [1.54, 1.807) is 30.3 Å². The number of aromatic nitrogens is 1. The SMILES string of the molecule is CN1C(=O)c2cccc(CC(=O)Nc3nc(-c4ccc(Cl)cc4)cs3)c2C1=O. The fourth-order valence-electron chi connectivity index (χ4n) is 3.04. The molecule has 0 spiro atoms. The third-order valence-corrected chi connectivity index (χ3v) is 5.46. The minimum absolute atomic E-state index is 0.0219. The molecule has 1 aromatic heterocycles. The first kappa shape index (κ1) is 18.3. The van der Waals surface area contributed by atoms with Crippen molar-refractivity contribution in [2.24, 2.45) is 0 Å². The summed E-state index contributed by atoms with van der Waals surface area (Å²) in [6, 6.07) is 12.2. The average Bonchev–Trinajstić information content (AvgIpc) is 3.22. The van der Waals surface area contributed by atoms with Gasteiger partial charge in [-0.25, -0.2) is 4.98 Å². The summed E-state index contributed by atoms with van der Waals surface area (Å²) >= 11 is 7.20. The van der Waals surface area contributed by atoms with Crippen LogP contribution in [0.4, 0.5) is 5.13 Å². The van der Waals surface area contributed by atoms with Crippen molar-refractivity contribution in [3.8, 4) is 11.3 Å². The van der Waals surface area contributed by atoms with Gasteiger partial charge in [0.05, 0.1) is 23.2 Å². The van der Waals surface area contributed by atoms with Crippen LogP contribution in [0.25, 0.3) is 11.3 Å². The predicted molar refractivity (Wildman–Crippen MR) is 108 cm³/mol. The number of carbonyl (C=O) groups is 3. The Morgan fingerprint density at radius 1 is 1.14 bits per heavy atom. The van der Waals surface area contributed by atoms with E-state index < -0.39 is 0 Å². The van der Waals surface area contributed by atoms with Crippen LogP contribution in [-0.2, 0) is 11.2 Å². The molecular formula is C20H14ClN3O3S. The second kappa shape index (κ2) is 7.18. The number of nitrogens with one attached hydrogen (secondary N) is 1. The summed E-state index contributed by atoms with van der Waals surface area (Å²) in [4.78, 5) is 42.3. The summed E-state index contributed by atoms with van der Waals surface area (Å²) < 4.78 is 0. The van der Waals surface area contributed by atoms with E-state index in [1.807, 2.05) is 17.5 Å². The Hall–Kier alpha value is -3.03. The van der Waals surface area contributed by atoms with Crippen LogP contribution in [-0.4, -0.2) is 34.7 Å². The van der Waals surface area contributed by atoms with Gasteiger partial charge in [-0.3, -0.25) is 19.3 Å². The van der Waals surface area contributed by atoms with Gasteiger partial charge in [0.2, 0.25) is 5.91 Å². The maximum absolute atomic E-state index is 12.5. The number of hydrogen-bond donors (Lipinski definition) is 1. The van der Waals surface area contributed by atoms with Gasteiger partial charge in [0.15, 0.2) is 5.13 Å². The molecule has 1 aliphatic rings. The smallest absolute Gasteiger partial charge is 0.261 e. The zero-order valence-corrected chi connectivity index (χ0v) is 16.3. The number of nitrogens with zero attached hydrogens (tertiary/aromatic N) is 2. The summed E-state index contributed by atoms with van der Waals surface area (Å²) in [7, 11) is 1.43. The number of halogens is 1. The Morgan fingerprint density at radius 2 is 1.89 bits per heavy atom. The Kier molecular flexibility index (Phi) is 4.70. The number of benzene rings is 2. The number of carbonyl (C=O) groups excluding carboxylic acids is 3. The lowest BCUT2D eigenvalue weighted by Gasteiger charge is -2.07. The highest BCUT2D eigenvalue weighted by molar-refractivity contribution is 7.14. The summed E-state index contributed by atoms with van der Waals surface area (Å²) in [6.07, 6.45) is -0.0219. The van der Waals surface area contributed by atoms with Crippen LogP contribution < -0.4 is 5.32 Å². The van der Waals surface area contributed by atoms with Gasteiger partial charge in [-0.15, -0.1) is 11.3 Å². The molecule has 0 unspecified atom stereocenters. The van der Waals surface area contributed by atoms with E-state index in [1.165, 1.54) is 18.4 Å². The molecule has 3 amide bonds. The van der Waals surface area contributed by atoms with Crippen molar-refractivity contribution in [3.63, 3.8) is 0 Å². The summed E-state index contributed by atoms with van der Waals surface area (Å²) in [5.74, 6) is -1.04. The minimum Gasteiger partial charge on any atom is -0.302 e. The Bertz CT molecular complexity index is 1110. The molecule has 8 heteroatoms. The summed E-state index contributed by atoms with van der Waals surface area (Å²) in [5.41, 5.74) is 2.78. The molecule has 6 nitrogen and oxygen atoms in total. The molecular weight excluding hydrogens is 398 g/mol. The van der Waals surface area contributed by atoms with Gasteiger partial charge in [0.25, 0.3) is 11.8 Å². The Morgan fingerprint density at radius 3 is 2.64 bits per heavy atom. The number of thiazole rings is 1. The van der Waals surface area contributed by atoms with Crippen LogP contribution in [0, 0.1) is 0 Å². The molecule has 0 saturated heterocycles. The van der Waals surface area contributed by atoms with E-state index in [-0.39, 0.29) is 24.1 Å². The molecule has 28 heavy (non-hydrogen) atoms. The molecule has 0 atom stereocenters. The van der Waals surface area contributed by atoms with E-state index in [0.717, 1.165) is 16.2 Å². The Labute approximate surface area is 169 Å². The van der Waals surface area contributed by atoms with Crippen LogP contribution >= 0.6 is 22.9 Å². The number of rotatable bonds is 4. The average molecular weight is 412 g/mol. The van der Waals surface area contributed by atoms with Gasteiger partial charge in [-0.2, -0.15) is 0 Å². The highest BCUT2D eigenvalue weighted by Crippen LogP contribution is 2.27. The molecule has 0 bridgehead atoms. The second-order valence-electron chi connectivity index (χ2n) is 6.28. The zero-order chi connectivity index (χ0) is 19.8. The number of imide groups is 1. The summed E-state index contributed by atoms with van der Waals surface area (Å²) in [5, 5.41) is 5.70. The van der Waals surface area contributed by atoms with Crippen molar-refractivity contribution in [2.75, 3.05) is 12.4 Å². The monoisotopic (exact) mass is 411 g/mol. The molecule has 1 N–H and O–H groups in total. The van der Waals surface area contributed by atoms with Crippen molar-refractivity contribution >= 4 is 45.8 Å². The topological polar surface area (TPSA) is 79.4 Å². The third-order valence-electron chi connectivity index (χ3n) is 4.45. The lowest BCUT2D eigenvalue weighted by molar-refractivity contribution is -0.115. The van der Waals surface area contributed by atoms with Gasteiger partial charge < -0.3 is 5.32 Å². The van der Waals surface area contributed by atoms with Gasteiger partial charge in [-0.05, 0) is 23.8 Å². The lowest BCUT2D eigenvalue weighted by Crippen LogP contribution is -2.24. The highest BCUT2D eigenvalue weighted by atomic mass is 35.5. The van der Waals surface area contributed by atoms with E-state index in [9.17, 15) is 14.4 Å². The molecule has 0 saturated carbocycles. The van der Waals surface area contributed by atoms with Crippen LogP contribution in [0.2, 0.25) is 5.02 Å². The van der Waals surface area contributed by atoms with E-state index in [2.05, 4.69) is 10.3 Å². The molecule has 2 aromatic carbocycles. The van der Waals surface area contributed by atoms with Crippen molar-refractivity contribution in [2.45, 2.75) is 6.42 Å². The van der Waals surface area contributed by atoms with E-state index >= 15 is 0 Å². The molecule has 3 aromatic rings. The fourth-order valence-corrected chi connectivity index (χ4v) is 3.90. The van der Waals surface area contributed by atoms with Crippen molar-refractivity contribution < 1.29 is 14.4 Å². The molecule has 0 aliphatic carbocycles. The highest BCUT2D eigenvalue weighted by Gasteiger charge is 2.34. The molecule has 140 valence electrons. The van der Waals surface area contributed by atoms with Gasteiger partial charge in [-0.1, -0.05) is 35.9 Å². The quantitative estimate of drug-likeness (QED) is 0.661. The van der Waals surface area contributed by atoms with Crippen molar-refractivity contribution in [1.29, 1.82) is 0 Å². The van der Waals surface area contributed by atoms with Crippen LogP contribution in [0.3, 0.4) is 0 Å². The first-order valence-electron chi connectivity index (χ1n) is 8.39. The molecule has 0 fully saturated rings. The van der Waals surface area contributed by atoms with Crippen LogP contribution in [0.5, 0.6) is 0 Å². The third kappa shape index (κ3) is 3.30. The van der Waals surface area contributed by atoms with Gasteiger partial charge >= 0.3 is 0 Å². The van der Waals surface area contributed by atoms with E-state index in [4.69, 9.17) is 11.6 Å². The zero-order valence-electron chi connectivity index (χ0n) is 14.7. The maximum Gasteiger partial charge on any atom is 0.261 e. The number of hydrogen-bond acceptors (Lipinski definition) is 5. The number of anilines is 1.